The summed E-state index contributed by atoms with van der Waals surface area (Å²) in [6.45, 7) is 1.36. The molecule has 60 valence electrons. The van der Waals surface area contributed by atoms with E-state index >= 15 is 0 Å². The van der Waals surface area contributed by atoms with Crippen LogP contribution in [0.15, 0.2) is 0 Å². The van der Waals surface area contributed by atoms with Crippen LogP contribution in [0.2, 0.25) is 0 Å². The second-order valence-electron chi connectivity index (χ2n) is 3.79. The Morgan fingerprint density at radius 2 is 2.27 bits per heavy atom. The maximum Gasteiger partial charge on any atom is 0.282 e. The van der Waals surface area contributed by atoms with Gasteiger partial charge in [-0.3, -0.25) is 0 Å². The molecule has 3 nitrogen and oxygen atoms in total. The van der Waals surface area contributed by atoms with Crippen molar-refractivity contribution in [2.45, 2.75) is 18.4 Å². The highest BCUT2D eigenvalue weighted by Gasteiger charge is 2.61. The normalized spacial score (nSPS) is 47.4. The van der Waals surface area contributed by atoms with E-state index in [2.05, 4.69) is 4.65 Å². The van der Waals surface area contributed by atoms with Gasteiger partial charge in [0, 0.05) is 12.0 Å². The van der Waals surface area contributed by atoms with Crippen molar-refractivity contribution >= 4 is 8.05 Å². The van der Waals surface area contributed by atoms with Gasteiger partial charge in [-0.15, -0.1) is 0 Å². The summed E-state index contributed by atoms with van der Waals surface area (Å²) in [6, 6.07) is 0. The van der Waals surface area contributed by atoms with Gasteiger partial charge in [-0.1, -0.05) is 0 Å². The first-order valence-corrected chi connectivity index (χ1v) is 3.81. The van der Waals surface area contributed by atoms with E-state index < -0.39 is 0 Å². The van der Waals surface area contributed by atoms with E-state index in [0.717, 1.165) is 12.8 Å². The van der Waals surface area contributed by atoms with Crippen LogP contribution < -0.4 is 0 Å². The third kappa shape index (κ3) is 0.933. The Labute approximate surface area is 67.1 Å². The maximum absolute atomic E-state index is 8.95. The maximum atomic E-state index is 8.95. The van der Waals surface area contributed by atoms with Gasteiger partial charge in [0.05, 0.1) is 18.8 Å². The molecule has 11 heavy (non-hydrogen) atoms. The molecule has 1 N–H and O–H groups in total. The van der Waals surface area contributed by atoms with Crippen molar-refractivity contribution in [2.75, 3.05) is 19.8 Å². The van der Waals surface area contributed by atoms with Gasteiger partial charge in [-0.05, 0) is 12.8 Å². The average molecular weight is 154 g/mol. The molecule has 2 aliphatic heterocycles. The second kappa shape index (κ2) is 2.22. The summed E-state index contributed by atoms with van der Waals surface area (Å²) in [5.41, 5.74) is -0.115. The molecule has 3 fully saturated rings. The highest BCUT2D eigenvalue weighted by atomic mass is 16.5. The van der Waals surface area contributed by atoms with Gasteiger partial charge in [-0.25, -0.2) is 0 Å². The molecule has 1 saturated carbocycles. The van der Waals surface area contributed by atoms with Crippen molar-refractivity contribution in [3.63, 3.8) is 0 Å². The first-order valence-electron chi connectivity index (χ1n) is 3.81. The number of hydrogen-bond acceptors (Lipinski definition) is 3. The van der Waals surface area contributed by atoms with Crippen LogP contribution in [-0.4, -0.2) is 38.6 Å². The number of hydrogen-bond donors (Lipinski definition) is 1. The summed E-state index contributed by atoms with van der Waals surface area (Å²) in [5, 5.41) is 8.95. The number of rotatable bonds is 3. The fourth-order valence-electron chi connectivity index (χ4n) is 2.30. The van der Waals surface area contributed by atoms with Gasteiger partial charge in [0.15, 0.2) is 0 Å². The molecule has 3 rings (SSSR count). The van der Waals surface area contributed by atoms with Gasteiger partial charge in [0.25, 0.3) is 8.05 Å². The van der Waals surface area contributed by atoms with Crippen LogP contribution >= 0.6 is 0 Å². The number of fused-ring (bicyclic) bond motifs is 1. The standard InChI is InChI=1S/C7H11BO3/c8-11-5-6-1-7(2-6,3-9)10-4-6/h9H,1-5H2. The molecule has 2 saturated heterocycles. The van der Waals surface area contributed by atoms with Gasteiger partial charge in [0.2, 0.25) is 0 Å². The van der Waals surface area contributed by atoms with Crippen LogP contribution in [0.25, 0.3) is 0 Å². The van der Waals surface area contributed by atoms with Crippen molar-refractivity contribution in [2.24, 2.45) is 5.41 Å². The molecule has 1 aliphatic carbocycles. The fourth-order valence-corrected chi connectivity index (χ4v) is 2.30. The quantitative estimate of drug-likeness (QED) is 0.563. The summed E-state index contributed by atoms with van der Waals surface area (Å²) in [6.07, 6.45) is 1.79. The molecule has 0 aromatic rings. The van der Waals surface area contributed by atoms with Crippen LogP contribution in [0.5, 0.6) is 0 Å². The summed E-state index contributed by atoms with van der Waals surface area (Å²) in [4.78, 5) is 0. The molecular weight excluding hydrogens is 143 g/mol. The molecule has 2 bridgehead atoms. The Morgan fingerprint density at radius 1 is 1.55 bits per heavy atom. The third-order valence-electron chi connectivity index (χ3n) is 2.76. The second-order valence-corrected chi connectivity index (χ2v) is 3.79. The minimum Gasteiger partial charge on any atom is -0.447 e. The molecule has 2 heterocycles. The Kier molecular flexibility index (Phi) is 1.53. The summed E-state index contributed by atoms with van der Waals surface area (Å²) in [7, 11) is 4.98. The molecule has 3 aliphatic rings. The molecule has 0 aromatic heterocycles. The van der Waals surface area contributed by atoms with Gasteiger partial charge in [-0.2, -0.15) is 0 Å². The van der Waals surface area contributed by atoms with Crippen molar-refractivity contribution in [1.82, 2.24) is 0 Å². The summed E-state index contributed by atoms with van der Waals surface area (Å²) >= 11 is 0. The zero-order valence-corrected chi connectivity index (χ0v) is 6.38. The Balaban J connectivity index is 1.97. The fraction of sp³-hybridized carbons (Fsp3) is 1.00. The number of ether oxygens (including phenoxy) is 1. The summed E-state index contributed by atoms with van der Waals surface area (Å²) in [5.74, 6) is 0. The number of aliphatic hydroxyl groups excluding tert-OH is 1. The Morgan fingerprint density at radius 3 is 2.73 bits per heavy atom. The van der Waals surface area contributed by atoms with Crippen molar-refractivity contribution < 1.29 is 14.5 Å². The van der Waals surface area contributed by atoms with Crippen LogP contribution in [0, 0.1) is 5.41 Å². The molecule has 4 heteroatoms. The van der Waals surface area contributed by atoms with Crippen molar-refractivity contribution in [1.29, 1.82) is 0 Å². The van der Waals surface area contributed by atoms with E-state index in [1.54, 1.807) is 0 Å². The predicted molar refractivity (Wildman–Crippen MR) is 39.1 cm³/mol. The lowest BCUT2D eigenvalue weighted by molar-refractivity contribution is -0.0643. The largest absolute Gasteiger partial charge is 0.447 e. The van der Waals surface area contributed by atoms with E-state index in [1.165, 1.54) is 0 Å². The van der Waals surface area contributed by atoms with Crippen LogP contribution in [0.1, 0.15) is 12.8 Å². The smallest absolute Gasteiger partial charge is 0.282 e. The Hall–Kier alpha value is -0.0551. The topological polar surface area (TPSA) is 38.7 Å². The average Bonchev–Trinajstić information content (AvgIpc) is 2.43. The SMILES string of the molecule is [B]OCC12COC(CO)(C1)C2. The number of aliphatic hydroxyl groups is 1. The third-order valence-corrected chi connectivity index (χ3v) is 2.76. The molecule has 2 radical (unpaired) electrons. The van der Waals surface area contributed by atoms with E-state index in [9.17, 15) is 0 Å². The van der Waals surface area contributed by atoms with E-state index in [4.69, 9.17) is 17.9 Å². The van der Waals surface area contributed by atoms with Gasteiger partial charge < -0.3 is 14.5 Å². The van der Waals surface area contributed by atoms with Crippen molar-refractivity contribution in [3.8, 4) is 0 Å². The lowest BCUT2D eigenvalue weighted by atomic mass is 9.63. The van der Waals surface area contributed by atoms with Crippen LogP contribution in [-0.2, 0) is 9.39 Å². The first-order chi connectivity index (χ1) is 5.24. The van der Waals surface area contributed by atoms with Gasteiger partial charge >= 0.3 is 0 Å². The van der Waals surface area contributed by atoms with Crippen molar-refractivity contribution in [3.05, 3.63) is 0 Å². The zero-order valence-electron chi connectivity index (χ0n) is 6.38. The van der Waals surface area contributed by atoms with Gasteiger partial charge in [0.1, 0.15) is 0 Å². The predicted octanol–water partition coefficient (Wildman–Crippen LogP) is -0.372. The molecule has 0 aromatic carbocycles. The van der Waals surface area contributed by atoms with Crippen LogP contribution in [0.4, 0.5) is 0 Å². The molecular formula is C7H11BO3. The monoisotopic (exact) mass is 154 g/mol. The lowest BCUT2D eigenvalue weighted by Crippen LogP contribution is -2.48. The highest BCUT2D eigenvalue weighted by molar-refractivity contribution is 5.97. The zero-order chi connectivity index (χ0) is 7.95. The van der Waals surface area contributed by atoms with E-state index in [-0.39, 0.29) is 17.6 Å². The van der Waals surface area contributed by atoms with Crippen LogP contribution in [0.3, 0.4) is 0 Å². The lowest BCUT2D eigenvalue weighted by Gasteiger charge is -2.43. The molecule has 0 unspecified atom stereocenters. The van der Waals surface area contributed by atoms with E-state index in [0.29, 0.717) is 13.2 Å². The minimum atomic E-state index is -0.238. The summed E-state index contributed by atoms with van der Waals surface area (Å²) < 4.78 is 10.0. The molecule has 0 spiro atoms. The minimum absolute atomic E-state index is 0.123. The molecule has 0 amide bonds. The highest BCUT2D eigenvalue weighted by Crippen LogP contribution is 2.57. The van der Waals surface area contributed by atoms with E-state index in [1.807, 2.05) is 0 Å². The first kappa shape index (κ1) is 7.59. The molecule has 0 atom stereocenters. The Bertz CT molecular complexity index is 165.